The molecule has 88 valence electrons. The van der Waals surface area contributed by atoms with Gasteiger partial charge in [0.05, 0.1) is 0 Å². The van der Waals surface area contributed by atoms with Crippen molar-refractivity contribution in [1.29, 1.82) is 0 Å². The zero-order valence-electron chi connectivity index (χ0n) is 10.4. The third-order valence-electron chi connectivity index (χ3n) is 3.56. The third-order valence-corrected chi connectivity index (χ3v) is 3.56. The van der Waals surface area contributed by atoms with Crippen molar-refractivity contribution in [3.63, 3.8) is 0 Å². The Bertz CT molecular complexity index is 319. The third kappa shape index (κ3) is 3.31. The average Bonchev–Trinajstić information content (AvgIpc) is 2.42. The quantitative estimate of drug-likeness (QED) is 0.758. The van der Waals surface area contributed by atoms with Crippen molar-refractivity contribution >= 4 is 0 Å². The molecule has 0 atom stereocenters. The highest BCUT2D eigenvalue weighted by Crippen LogP contribution is 2.30. The molecular weight excluding hydrogens is 196 g/mol. The molecule has 1 aromatic rings. The zero-order valence-corrected chi connectivity index (χ0v) is 10.4. The molecule has 2 heterocycles. The summed E-state index contributed by atoms with van der Waals surface area (Å²) >= 11 is 0. The number of pyridine rings is 1. The van der Waals surface area contributed by atoms with Gasteiger partial charge in [0.1, 0.15) is 0 Å². The van der Waals surface area contributed by atoms with Crippen LogP contribution in [0.15, 0.2) is 24.5 Å². The molecule has 2 rings (SSSR count). The van der Waals surface area contributed by atoms with Gasteiger partial charge in [-0.25, -0.2) is 0 Å². The van der Waals surface area contributed by atoms with Gasteiger partial charge < -0.3 is 0 Å². The van der Waals surface area contributed by atoms with Crippen LogP contribution in [0.3, 0.4) is 0 Å². The second-order valence-corrected chi connectivity index (χ2v) is 5.66. The molecule has 2 heteroatoms. The first-order valence-electron chi connectivity index (χ1n) is 6.27. The van der Waals surface area contributed by atoms with E-state index in [0.717, 1.165) is 6.54 Å². The van der Waals surface area contributed by atoms with E-state index in [-0.39, 0.29) is 0 Å². The van der Waals surface area contributed by atoms with Gasteiger partial charge in [0.15, 0.2) is 0 Å². The van der Waals surface area contributed by atoms with Crippen molar-refractivity contribution in [2.75, 3.05) is 13.1 Å². The molecule has 1 aliphatic heterocycles. The van der Waals surface area contributed by atoms with E-state index < -0.39 is 0 Å². The number of likely N-dealkylation sites (tertiary alicyclic amines) is 1. The average molecular weight is 218 g/mol. The summed E-state index contributed by atoms with van der Waals surface area (Å²) in [5, 5.41) is 0. The van der Waals surface area contributed by atoms with Crippen LogP contribution >= 0.6 is 0 Å². The van der Waals surface area contributed by atoms with E-state index in [1.165, 1.54) is 37.9 Å². The summed E-state index contributed by atoms with van der Waals surface area (Å²) in [5.74, 6) is 0. The first-order valence-corrected chi connectivity index (χ1v) is 6.27. The fraction of sp³-hybridized carbons (Fsp3) is 0.643. The first-order chi connectivity index (χ1) is 7.66. The molecule has 0 radical (unpaired) electrons. The molecule has 0 spiro atoms. The summed E-state index contributed by atoms with van der Waals surface area (Å²) in [5.41, 5.74) is 1.87. The highest BCUT2D eigenvalue weighted by molar-refractivity contribution is 5.08. The molecule has 0 amide bonds. The van der Waals surface area contributed by atoms with E-state index in [2.05, 4.69) is 29.8 Å². The van der Waals surface area contributed by atoms with Crippen LogP contribution in [0.2, 0.25) is 0 Å². The summed E-state index contributed by atoms with van der Waals surface area (Å²) in [6.07, 6.45) is 7.82. The summed E-state index contributed by atoms with van der Waals surface area (Å²) in [7, 11) is 0. The van der Waals surface area contributed by atoms with Gasteiger partial charge in [-0.05, 0) is 49.4 Å². The Morgan fingerprint density at radius 3 is 2.94 bits per heavy atom. The largest absolute Gasteiger partial charge is 0.299 e. The number of rotatable bonds is 2. The molecule has 0 aromatic carbocycles. The Morgan fingerprint density at radius 2 is 2.19 bits per heavy atom. The molecule has 0 aliphatic carbocycles. The van der Waals surface area contributed by atoms with Crippen molar-refractivity contribution in [2.45, 2.75) is 39.7 Å². The van der Waals surface area contributed by atoms with Crippen LogP contribution < -0.4 is 0 Å². The van der Waals surface area contributed by atoms with Gasteiger partial charge in [0.25, 0.3) is 0 Å². The SMILES string of the molecule is CC1(C)CCCN(Cc2cccnc2)CC1. The number of hydrogen-bond acceptors (Lipinski definition) is 2. The second kappa shape index (κ2) is 4.96. The predicted molar refractivity (Wildman–Crippen MR) is 67.1 cm³/mol. The lowest BCUT2D eigenvalue weighted by Crippen LogP contribution is -2.25. The lowest BCUT2D eigenvalue weighted by Gasteiger charge is -2.23. The number of hydrogen-bond donors (Lipinski definition) is 0. The zero-order chi connectivity index (χ0) is 11.4. The van der Waals surface area contributed by atoms with Gasteiger partial charge in [-0.3, -0.25) is 9.88 Å². The van der Waals surface area contributed by atoms with E-state index >= 15 is 0 Å². The normalized spacial score (nSPS) is 21.6. The van der Waals surface area contributed by atoms with Gasteiger partial charge in [-0.15, -0.1) is 0 Å². The van der Waals surface area contributed by atoms with E-state index in [1.807, 2.05) is 18.5 Å². The molecule has 2 nitrogen and oxygen atoms in total. The van der Waals surface area contributed by atoms with Gasteiger partial charge in [0.2, 0.25) is 0 Å². The first kappa shape index (κ1) is 11.6. The number of nitrogens with zero attached hydrogens (tertiary/aromatic N) is 2. The van der Waals surface area contributed by atoms with Gasteiger partial charge in [-0.1, -0.05) is 19.9 Å². The lowest BCUT2D eigenvalue weighted by molar-refractivity contribution is 0.255. The van der Waals surface area contributed by atoms with Crippen LogP contribution in [0.4, 0.5) is 0 Å². The molecule has 0 unspecified atom stereocenters. The van der Waals surface area contributed by atoms with Crippen molar-refractivity contribution in [3.8, 4) is 0 Å². The fourth-order valence-corrected chi connectivity index (χ4v) is 2.39. The maximum Gasteiger partial charge on any atom is 0.0312 e. The highest BCUT2D eigenvalue weighted by Gasteiger charge is 2.22. The molecular formula is C14H22N2. The second-order valence-electron chi connectivity index (χ2n) is 5.66. The Labute approximate surface area is 98.7 Å². The van der Waals surface area contributed by atoms with Crippen LogP contribution in [0.1, 0.15) is 38.7 Å². The molecule has 0 N–H and O–H groups in total. The van der Waals surface area contributed by atoms with E-state index in [1.54, 1.807) is 0 Å². The Hall–Kier alpha value is -0.890. The van der Waals surface area contributed by atoms with Crippen LogP contribution in [0, 0.1) is 5.41 Å². The lowest BCUT2D eigenvalue weighted by atomic mass is 9.85. The van der Waals surface area contributed by atoms with Crippen LogP contribution in [0.5, 0.6) is 0 Å². The summed E-state index contributed by atoms with van der Waals surface area (Å²) in [6, 6.07) is 4.19. The van der Waals surface area contributed by atoms with Crippen LogP contribution in [-0.2, 0) is 6.54 Å². The minimum atomic E-state index is 0.531. The monoisotopic (exact) mass is 218 g/mol. The van der Waals surface area contributed by atoms with Gasteiger partial charge in [-0.2, -0.15) is 0 Å². The minimum absolute atomic E-state index is 0.531. The summed E-state index contributed by atoms with van der Waals surface area (Å²) in [4.78, 5) is 6.74. The van der Waals surface area contributed by atoms with Gasteiger partial charge >= 0.3 is 0 Å². The van der Waals surface area contributed by atoms with Crippen molar-refractivity contribution < 1.29 is 0 Å². The molecule has 1 aliphatic rings. The standard InChI is InChI=1S/C14H22N2/c1-14(2)6-4-9-16(10-7-14)12-13-5-3-8-15-11-13/h3,5,8,11H,4,6-7,9-10,12H2,1-2H3. The van der Waals surface area contributed by atoms with E-state index in [4.69, 9.17) is 0 Å². The van der Waals surface area contributed by atoms with Crippen molar-refractivity contribution in [1.82, 2.24) is 9.88 Å². The van der Waals surface area contributed by atoms with E-state index in [9.17, 15) is 0 Å². The topological polar surface area (TPSA) is 16.1 Å². The number of aromatic nitrogens is 1. The molecule has 16 heavy (non-hydrogen) atoms. The smallest absolute Gasteiger partial charge is 0.0312 e. The molecule has 1 saturated heterocycles. The Kier molecular flexibility index (Phi) is 3.59. The summed E-state index contributed by atoms with van der Waals surface area (Å²) < 4.78 is 0. The fourth-order valence-electron chi connectivity index (χ4n) is 2.39. The van der Waals surface area contributed by atoms with Crippen LogP contribution in [-0.4, -0.2) is 23.0 Å². The molecule has 1 aromatic heterocycles. The molecule has 0 saturated carbocycles. The van der Waals surface area contributed by atoms with Crippen molar-refractivity contribution in [3.05, 3.63) is 30.1 Å². The van der Waals surface area contributed by atoms with Crippen LogP contribution in [0.25, 0.3) is 0 Å². The van der Waals surface area contributed by atoms with E-state index in [0.29, 0.717) is 5.41 Å². The molecule has 1 fully saturated rings. The maximum atomic E-state index is 4.18. The summed E-state index contributed by atoms with van der Waals surface area (Å²) in [6.45, 7) is 8.30. The highest BCUT2D eigenvalue weighted by atomic mass is 15.1. The Balaban J connectivity index is 1.92. The Morgan fingerprint density at radius 1 is 1.31 bits per heavy atom. The van der Waals surface area contributed by atoms with Gasteiger partial charge in [0, 0.05) is 18.9 Å². The minimum Gasteiger partial charge on any atom is -0.299 e. The maximum absolute atomic E-state index is 4.18. The predicted octanol–water partition coefficient (Wildman–Crippen LogP) is 3.09. The van der Waals surface area contributed by atoms with Crippen molar-refractivity contribution in [2.24, 2.45) is 5.41 Å². The molecule has 0 bridgehead atoms.